The summed E-state index contributed by atoms with van der Waals surface area (Å²) in [5, 5.41) is 0. The van der Waals surface area contributed by atoms with Crippen molar-refractivity contribution in [2.24, 2.45) is 0 Å². The van der Waals surface area contributed by atoms with Crippen molar-refractivity contribution in [1.29, 1.82) is 0 Å². The molecule has 53 valence electrons. The second-order valence-corrected chi connectivity index (χ2v) is 1.99. The molecule has 0 aliphatic heterocycles. The van der Waals surface area contributed by atoms with E-state index < -0.39 is 0 Å². The van der Waals surface area contributed by atoms with Crippen LogP contribution in [0.3, 0.4) is 0 Å². The van der Waals surface area contributed by atoms with Crippen molar-refractivity contribution in [3.63, 3.8) is 0 Å². The van der Waals surface area contributed by atoms with Crippen LogP contribution in [0.5, 0.6) is 0 Å². The fourth-order valence-corrected chi connectivity index (χ4v) is 0.642. The highest BCUT2D eigenvalue weighted by Gasteiger charge is 1.81. The summed E-state index contributed by atoms with van der Waals surface area (Å²) in [6.07, 6.45) is 8.10. The Hall–Kier alpha value is 0.272. The third-order valence-corrected chi connectivity index (χ3v) is 1.16. The molecule has 0 fully saturated rings. The maximum Gasteiger partial charge on any atom is 0.187 e. The van der Waals surface area contributed by atoms with Crippen molar-refractivity contribution < 1.29 is 0 Å². The van der Waals surface area contributed by atoms with Crippen molar-refractivity contribution in [2.45, 2.75) is 32.1 Å². The van der Waals surface area contributed by atoms with Gasteiger partial charge < -0.3 is 0 Å². The molecule has 0 spiro atoms. The fraction of sp³-hybridized carbons (Fsp3) is 0.625. The summed E-state index contributed by atoms with van der Waals surface area (Å²) in [6.45, 7) is 7.40. The Morgan fingerprint density at radius 1 is 1.11 bits per heavy atom. The number of hydrogen-bond donors (Lipinski definition) is 0. The molecule has 0 aromatic carbocycles. The molecule has 0 aromatic rings. The molecule has 0 atom stereocenters. The molecule has 1 heteroatoms. The summed E-state index contributed by atoms with van der Waals surface area (Å²) in [4.78, 5) is 0. The van der Waals surface area contributed by atoms with Crippen LogP contribution in [0.4, 0.5) is 0 Å². The predicted octanol–water partition coefficient (Wildman–Crippen LogP) is 1.77. The Morgan fingerprint density at radius 3 is 2.22 bits per heavy atom. The first-order valence-electron chi connectivity index (χ1n) is 3.32. The van der Waals surface area contributed by atoms with Crippen LogP contribution in [0.1, 0.15) is 32.1 Å². The summed E-state index contributed by atoms with van der Waals surface area (Å²) in [5.41, 5.74) is 0. The molecule has 0 saturated carbocycles. The molecule has 0 unspecified atom stereocenters. The highest BCUT2D eigenvalue weighted by Crippen LogP contribution is 2.01. The molecular weight excluding hydrogens is 123 g/mol. The van der Waals surface area contributed by atoms with E-state index in [1.165, 1.54) is 25.7 Å². The van der Waals surface area contributed by atoms with Crippen LogP contribution in [-0.2, 0) is 0 Å². The van der Waals surface area contributed by atoms with E-state index in [1.807, 2.05) is 6.08 Å². The Labute approximate surface area is 69.5 Å². The highest BCUT2D eigenvalue weighted by atomic mass is 27.0. The molecule has 0 aromatic heterocycles. The number of allylic oxidation sites excluding steroid dienone is 1. The number of unbranched alkanes of at least 4 members (excludes halogenated alkanes) is 4. The molecule has 0 heterocycles. The maximum atomic E-state index is 3.76. The van der Waals surface area contributed by atoms with Gasteiger partial charge in [-0.05, 0) is 12.8 Å². The minimum Gasteiger partial charge on any atom is -0.103 e. The van der Waals surface area contributed by atoms with Crippen LogP contribution in [0.25, 0.3) is 0 Å². The maximum absolute atomic E-state index is 3.76. The third kappa shape index (κ3) is 11.7. The van der Waals surface area contributed by atoms with Crippen molar-refractivity contribution in [3.05, 3.63) is 19.6 Å². The summed E-state index contributed by atoms with van der Waals surface area (Å²) in [5.74, 6) is 0. The van der Waals surface area contributed by atoms with Crippen LogP contribution >= 0.6 is 0 Å². The summed E-state index contributed by atoms with van der Waals surface area (Å²) in [6, 6.07) is 0. The van der Waals surface area contributed by atoms with E-state index in [-0.39, 0.29) is 17.4 Å². The van der Waals surface area contributed by atoms with Gasteiger partial charge in [0.15, 0.2) is 17.4 Å². The monoisotopic (exact) mass is 141 g/mol. The third-order valence-electron chi connectivity index (χ3n) is 1.16. The van der Waals surface area contributed by atoms with Gasteiger partial charge in [0.2, 0.25) is 0 Å². The lowest BCUT2D eigenvalue weighted by atomic mass is 10.2. The first kappa shape index (κ1) is 12.0. The molecular formula is C8H18Al. The zero-order chi connectivity index (χ0) is 6.24. The van der Waals surface area contributed by atoms with Gasteiger partial charge in [0.25, 0.3) is 0 Å². The summed E-state index contributed by atoms with van der Waals surface area (Å²) >= 11 is 0. The summed E-state index contributed by atoms with van der Waals surface area (Å²) < 4.78 is 0. The van der Waals surface area contributed by atoms with Crippen LogP contribution in [0.15, 0.2) is 12.7 Å². The Balaban J connectivity index is 0. The minimum atomic E-state index is 0. The Bertz CT molecular complexity index is 50.5. The summed E-state index contributed by atoms with van der Waals surface area (Å²) in [7, 11) is 0. The van der Waals surface area contributed by atoms with Crippen molar-refractivity contribution in [1.82, 2.24) is 0 Å². The normalized spacial score (nSPS) is 8.11. The first-order valence-corrected chi connectivity index (χ1v) is 3.32. The van der Waals surface area contributed by atoms with E-state index >= 15 is 0 Å². The van der Waals surface area contributed by atoms with Gasteiger partial charge in [-0.25, -0.2) is 0 Å². The zero-order valence-electron chi connectivity index (χ0n) is 5.53. The molecule has 0 bridgehead atoms. The molecule has 0 aliphatic rings. The lowest BCUT2D eigenvalue weighted by molar-refractivity contribution is 0.695. The zero-order valence-corrected chi connectivity index (χ0v) is 5.53. The van der Waals surface area contributed by atoms with E-state index in [1.54, 1.807) is 0 Å². The lowest BCUT2D eigenvalue weighted by Gasteiger charge is -1.91. The van der Waals surface area contributed by atoms with Crippen LogP contribution < -0.4 is 0 Å². The van der Waals surface area contributed by atoms with Gasteiger partial charge in [-0.3, -0.25) is 0 Å². The van der Waals surface area contributed by atoms with Gasteiger partial charge in [0.1, 0.15) is 0 Å². The first-order chi connectivity index (χ1) is 3.91. The molecule has 0 aliphatic carbocycles. The van der Waals surface area contributed by atoms with Crippen molar-refractivity contribution >= 4 is 17.4 Å². The SMILES string of the molecule is [AlH3].[CH2]CCCCCC=C. The number of hydrogen-bond acceptors (Lipinski definition) is 0. The predicted molar refractivity (Wildman–Crippen MR) is 48.6 cm³/mol. The standard InChI is InChI=1S/C8H15.Al.3H/c1-3-5-7-8-6-4-2;;;;/h3H,1-2,4-8H2;;;;. The van der Waals surface area contributed by atoms with Gasteiger partial charge in [0, 0.05) is 0 Å². The topological polar surface area (TPSA) is 0 Å². The second-order valence-electron chi connectivity index (χ2n) is 1.99. The highest BCUT2D eigenvalue weighted by molar-refractivity contribution is 5.75. The lowest BCUT2D eigenvalue weighted by Crippen LogP contribution is -1.72. The average molecular weight is 141 g/mol. The van der Waals surface area contributed by atoms with Crippen LogP contribution in [0.2, 0.25) is 0 Å². The van der Waals surface area contributed by atoms with Gasteiger partial charge in [0.05, 0.1) is 0 Å². The van der Waals surface area contributed by atoms with E-state index in [9.17, 15) is 0 Å². The smallest absolute Gasteiger partial charge is 0.103 e. The molecule has 1 radical (unpaired) electrons. The van der Waals surface area contributed by atoms with Gasteiger partial charge >= 0.3 is 0 Å². The van der Waals surface area contributed by atoms with E-state index in [4.69, 9.17) is 0 Å². The Kier molecular flexibility index (Phi) is 14.8. The van der Waals surface area contributed by atoms with Crippen molar-refractivity contribution in [2.75, 3.05) is 0 Å². The Morgan fingerprint density at radius 2 is 1.78 bits per heavy atom. The number of rotatable bonds is 5. The second kappa shape index (κ2) is 11.1. The minimum absolute atomic E-state index is 0. The molecule has 0 nitrogen and oxygen atoms in total. The van der Waals surface area contributed by atoms with Gasteiger partial charge in [-0.2, -0.15) is 0 Å². The largest absolute Gasteiger partial charge is 0.187 e. The van der Waals surface area contributed by atoms with E-state index in [0.29, 0.717) is 0 Å². The fourth-order valence-electron chi connectivity index (χ4n) is 0.642. The molecule has 0 rings (SSSR count). The van der Waals surface area contributed by atoms with E-state index in [0.717, 1.165) is 6.42 Å². The quantitative estimate of drug-likeness (QED) is 0.311. The van der Waals surface area contributed by atoms with Gasteiger partial charge in [-0.1, -0.05) is 32.3 Å². The van der Waals surface area contributed by atoms with E-state index in [2.05, 4.69) is 13.5 Å². The van der Waals surface area contributed by atoms with Gasteiger partial charge in [-0.15, -0.1) is 6.58 Å². The molecule has 0 saturated heterocycles. The average Bonchev–Trinajstić information content (AvgIpc) is 1.81. The molecule has 0 amide bonds. The van der Waals surface area contributed by atoms with Crippen LogP contribution in [0, 0.1) is 6.92 Å². The van der Waals surface area contributed by atoms with Crippen molar-refractivity contribution in [3.8, 4) is 0 Å². The molecule has 9 heavy (non-hydrogen) atoms. The molecule has 0 N–H and O–H groups in total. The van der Waals surface area contributed by atoms with Crippen LogP contribution in [-0.4, -0.2) is 17.4 Å².